The molecule has 1 aromatic heterocycles. The van der Waals surface area contributed by atoms with Gasteiger partial charge in [0.15, 0.2) is 5.69 Å². The third-order valence-electron chi connectivity index (χ3n) is 1.94. The summed E-state index contributed by atoms with van der Waals surface area (Å²) in [6, 6.07) is 0.834. The predicted molar refractivity (Wildman–Crippen MR) is 59.4 cm³/mol. The Morgan fingerprint density at radius 3 is 2.76 bits per heavy atom. The Labute approximate surface area is 105 Å². The van der Waals surface area contributed by atoms with Crippen molar-refractivity contribution in [3.05, 3.63) is 23.0 Å². The van der Waals surface area contributed by atoms with Crippen molar-refractivity contribution in [3.8, 4) is 5.75 Å². The van der Waals surface area contributed by atoms with E-state index < -0.39 is 23.7 Å². The number of halogens is 3. The third kappa shape index (κ3) is 3.12. The van der Waals surface area contributed by atoms with E-state index in [-0.39, 0.29) is 23.4 Å². The lowest BCUT2D eigenvalue weighted by atomic mass is 10.1. The van der Waals surface area contributed by atoms with Crippen molar-refractivity contribution < 1.29 is 23.4 Å². The summed E-state index contributed by atoms with van der Waals surface area (Å²) in [5, 5.41) is 9.55. The van der Waals surface area contributed by atoms with Gasteiger partial charge >= 0.3 is 5.97 Å². The molecule has 1 aromatic rings. The largest absolute Gasteiger partial charge is 0.506 e. The Morgan fingerprint density at radius 1 is 1.65 bits per heavy atom. The van der Waals surface area contributed by atoms with E-state index in [1.807, 2.05) is 0 Å². The van der Waals surface area contributed by atoms with Gasteiger partial charge in [0.25, 0.3) is 6.43 Å². The van der Waals surface area contributed by atoms with Crippen LogP contribution in [0, 0.1) is 0 Å². The predicted octanol–water partition coefficient (Wildman–Crippen LogP) is 2.80. The minimum Gasteiger partial charge on any atom is -0.506 e. The highest BCUT2D eigenvalue weighted by molar-refractivity contribution is 9.08. The van der Waals surface area contributed by atoms with Crippen LogP contribution in [0.1, 0.15) is 35.1 Å². The quantitative estimate of drug-likeness (QED) is 0.686. The Morgan fingerprint density at radius 2 is 2.29 bits per heavy atom. The van der Waals surface area contributed by atoms with Crippen LogP contribution in [0.25, 0.3) is 0 Å². The van der Waals surface area contributed by atoms with Crippen molar-refractivity contribution in [2.45, 2.75) is 18.7 Å². The zero-order valence-electron chi connectivity index (χ0n) is 8.91. The number of carbonyl (C=O) groups excluding carboxylic acids is 1. The average molecular weight is 310 g/mol. The van der Waals surface area contributed by atoms with Gasteiger partial charge in [-0.15, -0.1) is 0 Å². The average Bonchev–Trinajstić information content (AvgIpc) is 2.28. The zero-order valence-corrected chi connectivity index (χ0v) is 10.5. The van der Waals surface area contributed by atoms with Crippen LogP contribution in [0.3, 0.4) is 0 Å². The van der Waals surface area contributed by atoms with Gasteiger partial charge in [-0.1, -0.05) is 15.9 Å². The number of esters is 1. The second kappa shape index (κ2) is 5.90. The molecule has 0 saturated carbocycles. The molecule has 0 spiro atoms. The van der Waals surface area contributed by atoms with Gasteiger partial charge in [-0.25, -0.2) is 18.6 Å². The molecule has 1 heterocycles. The van der Waals surface area contributed by atoms with E-state index in [4.69, 9.17) is 0 Å². The molecule has 0 radical (unpaired) electrons. The molecular formula is C10H10BrF2NO3. The van der Waals surface area contributed by atoms with Gasteiger partial charge in [0.1, 0.15) is 5.75 Å². The maximum absolute atomic E-state index is 12.7. The van der Waals surface area contributed by atoms with Gasteiger partial charge in [0.05, 0.1) is 17.9 Å². The maximum atomic E-state index is 12.7. The van der Waals surface area contributed by atoms with E-state index in [1.165, 1.54) is 0 Å². The Hall–Kier alpha value is -1.24. The lowest BCUT2D eigenvalue weighted by Crippen LogP contribution is -2.12. The third-order valence-corrected chi connectivity index (χ3v) is 2.47. The normalized spacial score (nSPS) is 10.6. The first-order valence-corrected chi connectivity index (χ1v) is 5.87. The molecule has 1 rings (SSSR count). The highest BCUT2D eigenvalue weighted by atomic mass is 79.9. The molecule has 0 aliphatic carbocycles. The second-order valence-corrected chi connectivity index (χ2v) is 3.61. The Bertz CT molecular complexity index is 426. The Balaban J connectivity index is 3.28. The van der Waals surface area contributed by atoms with Crippen LogP contribution in [-0.4, -0.2) is 22.7 Å². The molecule has 7 heteroatoms. The fraction of sp³-hybridized carbons (Fsp3) is 0.400. The van der Waals surface area contributed by atoms with E-state index in [0.717, 1.165) is 6.07 Å². The zero-order chi connectivity index (χ0) is 13.0. The molecule has 4 nitrogen and oxygen atoms in total. The lowest BCUT2D eigenvalue weighted by Gasteiger charge is -2.10. The molecule has 94 valence electrons. The molecule has 0 fully saturated rings. The van der Waals surface area contributed by atoms with E-state index in [0.29, 0.717) is 0 Å². The summed E-state index contributed by atoms with van der Waals surface area (Å²) in [6.45, 7) is 1.62. The first kappa shape index (κ1) is 13.8. The SMILES string of the molecule is CCOC(=O)c1nc(CBr)c(O)cc1C(F)F. The summed E-state index contributed by atoms with van der Waals surface area (Å²) in [6.07, 6.45) is -2.91. The van der Waals surface area contributed by atoms with Crippen molar-refractivity contribution in [2.75, 3.05) is 6.61 Å². The highest BCUT2D eigenvalue weighted by Gasteiger charge is 2.23. The van der Waals surface area contributed by atoms with Gasteiger partial charge in [0, 0.05) is 5.33 Å². The second-order valence-electron chi connectivity index (χ2n) is 3.05. The maximum Gasteiger partial charge on any atom is 0.357 e. The number of hydrogen-bond acceptors (Lipinski definition) is 4. The van der Waals surface area contributed by atoms with E-state index in [1.54, 1.807) is 6.92 Å². The van der Waals surface area contributed by atoms with Crippen molar-refractivity contribution in [2.24, 2.45) is 0 Å². The monoisotopic (exact) mass is 309 g/mol. The number of carbonyl (C=O) groups is 1. The molecule has 0 aliphatic heterocycles. The standard InChI is InChI=1S/C10H10BrF2NO3/c1-2-17-10(16)8-5(9(12)13)3-7(15)6(4-11)14-8/h3,9,15H,2,4H2,1H3. The molecule has 0 aliphatic rings. The minimum atomic E-state index is -2.91. The molecular weight excluding hydrogens is 300 g/mol. The van der Waals surface area contributed by atoms with Gasteiger partial charge in [-0.3, -0.25) is 0 Å². The van der Waals surface area contributed by atoms with Gasteiger partial charge in [0.2, 0.25) is 0 Å². The number of nitrogens with zero attached hydrogens (tertiary/aromatic N) is 1. The van der Waals surface area contributed by atoms with Crippen LogP contribution in [0.15, 0.2) is 6.07 Å². The first-order chi connectivity index (χ1) is 8.01. The number of ether oxygens (including phenoxy) is 1. The number of aromatic hydroxyl groups is 1. The topological polar surface area (TPSA) is 59.4 Å². The van der Waals surface area contributed by atoms with Gasteiger partial charge in [-0.05, 0) is 13.0 Å². The van der Waals surface area contributed by atoms with Crippen LogP contribution in [0.2, 0.25) is 0 Å². The minimum absolute atomic E-state index is 0.0632. The number of hydrogen-bond donors (Lipinski definition) is 1. The van der Waals surface area contributed by atoms with Crippen molar-refractivity contribution in [3.63, 3.8) is 0 Å². The van der Waals surface area contributed by atoms with Gasteiger partial charge in [-0.2, -0.15) is 0 Å². The molecule has 1 N–H and O–H groups in total. The first-order valence-electron chi connectivity index (χ1n) is 4.75. The summed E-state index contributed by atoms with van der Waals surface area (Å²) >= 11 is 3.03. The smallest absolute Gasteiger partial charge is 0.357 e. The molecule has 17 heavy (non-hydrogen) atoms. The van der Waals surface area contributed by atoms with Crippen LogP contribution in [0.5, 0.6) is 5.75 Å². The lowest BCUT2D eigenvalue weighted by molar-refractivity contribution is 0.0507. The number of rotatable bonds is 4. The van der Waals surface area contributed by atoms with Crippen LogP contribution in [-0.2, 0) is 10.1 Å². The van der Waals surface area contributed by atoms with Crippen molar-refractivity contribution >= 4 is 21.9 Å². The summed E-state index contributed by atoms with van der Waals surface area (Å²) in [4.78, 5) is 15.1. The van der Waals surface area contributed by atoms with Crippen molar-refractivity contribution in [1.29, 1.82) is 0 Å². The van der Waals surface area contributed by atoms with Crippen LogP contribution >= 0.6 is 15.9 Å². The Kier molecular flexibility index (Phi) is 4.80. The molecule has 0 bridgehead atoms. The fourth-order valence-corrected chi connectivity index (χ4v) is 1.60. The molecule has 0 atom stereocenters. The van der Waals surface area contributed by atoms with E-state index >= 15 is 0 Å². The van der Waals surface area contributed by atoms with Crippen molar-refractivity contribution in [1.82, 2.24) is 4.98 Å². The molecule has 0 unspecified atom stereocenters. The molecule has 0 amide bonds. The summed E-state index contributed by atoms with van der Waals surface area (Å²) in [7, 11) is 0. The fourth-order valence-electron chi connectivity index (χ4n) is 1.18. The highest BCUT2D eigenvalue weighted by Crippen LogP contribution is 2.28. The van der Waals surface area contributed by atoms with Crippen LogP contribution in [0.4, 0.5) is 8.78 Å². The summed E-state index contributed by atoms with van der Waals surface area (Å²) < 4.78 is 30.0. The summed E-state index contributed by atoms with van der Waals surface area (Å²) in [5.74, 6) is -1.31. The number of aromatic nitrogens is 1. The molecule has 0 aromatic carbocycles. The summed E-state index contributed by atoms with van der Waals surface area (Å²) in [5.41, 5.74) is -0.989. The number of pyridine rings is 1. The van der Waals surface area contributed by atoms with Crippen LogP contribution < -0.4 is 0 Å². The number of alkyl halides is 3. The van der Waals surface area contributed by atoms with E-state index in [9.17, 15) is 18.7 Å². The van der Waals surface area contributed by atoms with E-state index in [2.05, 4.69) is 25.7 Å². The molecule has 0 saturated heterocycles. The van der Waals surface area contributed by atoms with Gasteiger partial charge < -0.3 is 9.84 Å².